The van der Waals surface area contributed by atoms with Crippen LogP contribution in [0.3, 0.4) is 0 Å². The lowest BCUT2D eigenvalue weighted by atomic mass is 9.72. The summed E-state index contributed by atoms with van der Waals surface area (Å²) >= 11 is 0. The summed E-state index contributed by atoms with van der Waals surface area (Å²) < 4.78 is 44.4. The van der Waals surface area contributed by atoms with Crippen molar-refractivity contribution in [2.45, 2.75) is 51.9 Å². The third kappa shape index (κ3) is 3.89. The number of benzene rings is 1. The van der Waals surface area contributed by atoms with E-state index in [4.69, 9.17) is 0 Å². The quantitative estimate of drug-likeness (QED) is 0.728. The van der Waals surface area contributed by atoms with E-state index in [2.05, 4.69) is 4.98 Å². The molecule has 4 rings (SSSR count). The maximum Gasteiger partial charge on any atom is 0.425 e. The number of hydrogen-bond donors (Lipinski definition) is 1. The van der Waals surface area contributed by atoms with Gasteiger partial charge in [-0.2, -0.15) is 13.2 Å². The normalized spacial score (nSPS) is 22.1. The number of alkyl halides is 3. The maximum atomic E-state index is 14.8. The van der Waals surface area contributed by atoms with E-state index in [1.807, 2.05) is 5.32 Å². The van der Waals surface area contributed by atoms with Crippen LogP contribution in [0.25, 0.3) is 0 Å². The Kier molecular flexibility index (Phi) is 5.62. The molecule has 0 fully saturated rings. The molecular formula is C25H24F3N3O3. The van der Waals surface area contributed by atoms with Crippen molar-refractivity contribution >= 4 is 17.6 Å². The van der Waals surface area contributed by atoms with Gasteiger partial charge >= 0.3 is 6.18 Å². The van der Waals surface area contributed by atoms with Gasteiger partial charge in [-0.15, -0.1) is 0 Å². The molecule has 0 bridgehead atoms. The predicted octanol–water partition coefficient (Wildman–Crippen LogP) is 4.11. The minimum absolute atomic E-state index is 0.0153. The maximum absolute atomic E-state index is 14.8. The molecule has 34 heavy (non-hydrogen) atoms. The molecule has 2 heterocycles. The van der Waals surface area contributed by atoms with Crippen molar-refractivity contribution in [2.75, 3.05) is 0 Å². The number of hydrogen-bond acceptors (Lipinski definition) is 4. The summed E-state index contributed by atoms with van der Waals surface area (Å²) in [6, 6.07) is 10.8. The highest BCUT2D eigenvalue weighted by Crippen LogP contribution is 2.52. The van der Waals surface area contributed by atoms with Crippen LogP contribution in [0.4, 0.5) is 13.2 Å². The zero-order valence-corrected chi connectivity index (χ0v) is 19.0. The van der Waals surface area contributed by atoms with Crippen molar-refractivity contribution in [3.8, 4) is 0 Å². The van der Waals surface area contributed by atoms with Gasteiger partial charge in [-0.1, -0.05) is 37.6 Å². The van der Waals surface area contributed by atoms with E-state index in [0.717, 1.165) is 10.5 Å². The SMILES string of the molecule is Cc1ccc(C(=O)N[C@]2(C(F)(F)F)C(=O)N(Cc3ccccn3)C3=C2C(=O)CC(C)(C)C3)cc1. The lowest BCUT2D eigenvalue weighted by Gasteiger charge is -2.35. The van der Waals surface area contributed by atoms with Crippen molar-refractivity contribution in [2.24, 2.45) is 5.41 Å². The first-order valence-corrected chi connectivity index (χ1v) is 10.8. The van der Waals surface area contributed by atoms with E-state index in [0.29, 0.717) is 5.69 Å². The van der Waals surface area contributed by atoms with Crippen LogP contribution in [-0.2, 0) is 16.1 Å². The van der Waals surface area contributed by atoms with Gasteiger partial charge in [0.1, 0.15) is 0 Å². The first kappa shape index (κ1) is 23.7. The average Bonchev–Trinajstić information content (AvgIpc) is 2.97. The van der Waals surface area contributed by atoms with E-state index < -0.39 is 40.3 Å². The van der Waals surface area contributed by atoms with Gasteiger partial charge in [-0.05, 0) is 43.0 Å². The fraction of sp³-hybridized carbons (Fsp3) is 0.360. The number of nitrogens with zero attached hydrogens (tertiary/aromatic N) is 2. The Morgan fingerprint density at radius 3 is 2.35 bits per heavy atom. The minimum Gasteiger partial charge on any atom is -0.326 e. The number of aryl methyl sites for hydroxylation is 1. The molecular weight excluding hydrogens is 447 g/mol. The van der Waals surface area contributed by atoms with Gasteiger partial charge in [0.2, 0.25) is 5.54 Å². The van der Waals surface area contributed by atoms with E-state index in [1.165, 1.54) is 18.3 Å². The van der Waals surface area contributed by atoms with Crippen LogP contribution in [0.15, 0.2) is 59.9 Å². The number of allylic oxidation sites excluding steroid dienone is 1. The lowest BCUT2D eigenvalue weighted by Crippen LogP contribution is -2.66. The highest BCUT2D eigenvalue weighted by atomic mass is 19.4. The Labute approximate surface area is 194 Å². The lowest BCUT2D eigenvalue weighted by molar-refractivity contribution is -0.190. The summed E-state index contributed by atoms with van der Waals surface area (Å²) in [6.45, 7) is 5.04. The molecule has 1 aliphatic carbocycles. The van der Waals surface area contributed by atoms with Crippen LogP contribution in [0, 0.1) is 12.3 Å². The van der Waals surface area contributed by atoms with Gasteiger partial charge in [-0.25, -0.2) is 0 Å². The molecule has 1 aromatic carbocycles. The van der Waals surface area contributed by atoms with Crippen LogP contribution in [0.5, 0.6) is 0 Å². The highest BCUT2D eigenvalue weighted by molar-refractivity contribution is 6.14. The smallest absolute Gasteiger partial charge is 0.326 e. The predicted molar refractivity (Wildman–Crippen MR) is 117 cm³/mol. The number of amides is 2. The molecule has 2 aliphatic rings. The monoisotopic (exact) mass is 471 g/mol. The number of aromatic nitrogens is 1. The second-order valence-electron chi connectivity index (χ2n) is 9.54. The molecule has 0 radical (unpaired) electrons. The van der Waals surface area contributed by atoms with E-state index in [-0.39, 0.29) is 30.6 Å². The second kappa shape index (κ2) is 8.07. The number of nitrogens with one attached hydrogen (secondary N) is 1. The molecule has 9 heteroatoms. The molecule has 0 saturated carbocycles. The number of rotatable bonds is 4. The van der Waals surface area contributed by atoms with E-state index in [9.17, 15) is 27.6 Å². The molecule has 0 spiro atoms. The van der Waals surface area contributed by atoms with Gasteiger partial charge in [-0.3, -0.25) is 19.4 Å². The number of pyridine rings is 1. The van der Waals surface area contributed by atoms with Crippen LogP contribution in [-0.4, -0.2) is 39.2 Å². The Hall–Kier alpha value is -3.49. The molecule has 2 aromatic rings. The molecule has 1 aliphatic heterocycles. The third-order valence-electron chi connectivity index (χ3n) is 6.21. The number of carbonyl (C=O) groups is 3. The van der Waals surface area contributed by atoms with Crippen molar-refractivity contribution in [3.63, 3.8) is 0 Å². The standard InChI is InChI=1S/C25H24F3N3O3/c1-15-7-9-16(10-8-15)21(33)30-24(25(26,27)28)20-18(12-23(2,3)13-19(20)32)31(22(24)34)14-17-6-4-5-11-29-17/h4-11H,12-14H2,1-3H3,(H,30,33)/t24-/m0/s1. The number of halogens is 3. The number of carbonyl (C=O) groups excluding carboxylic acids is 3. The zero-order chi connectivity index (χ0) is 24.9. The van der Waals surface area contributed by atoms with Crippen LogP contribution in [0.2, 0.25) is 0 Å². The van der Waals surface area contributed by atoms with Gasteiger partial charge in [0.25, 0.3) is 11.8 Å². The molecule has 2 amide bonds. The topological polar surface area (TPSA) is 79.4 Å². The Morgan fingerprint density at radius 2 is 1.76 bits per heavy atom. The van der Waals surface area contributed by atoms with E-state index >= 15 is 0 Å². The summed E-state index contributed by atoms with van der Waals surface area (Å²) in [5, 5.41) is 1.94. The van der Waals surface area contributed by atoms with Crippen molar-refractivity contribution < 1.29 is 27.6 Å². The molecule has 1 atom stereocenters. The fourth-order valence-corrected chi connectivity index (χ4v) is 4.59. The summed E-state index contributed by atoms with van der Waals surface area (Å²) in [6.07, 6.45) is -3.88. The molecule has 0 saturated heterocycles. The summed E-state index contributed by atoms with van der Waals surface area (Å²) in [5.74, 6) is -3.29. The van der Waals surface area contributed by atoms with Crippen molar-refractivity contribution in [1.29, 1.82) is 0 Å². The highest BCUT2D eigenvalue weighted by Gasteiger charge is 2.71. The minimum atomic E-state index is -5.25. The van der Waals surface area contributed by atoms with Gasteiger partial charge < -0.3 is 10.2 Å². The molecule has 6 nitrogen and oxygen atoms in total. The Morgan fingerprint density at radius 1 is 1.09 bits per heavy atom. The van der Waals surface area contributed by atoms with Gasteiger partial charge in [0.15, 0.2) is 5.78 Å². The number of Topliss-reactive ketones (excluding diaryl/α,β-unsaturated/α-hetero) is 1. The molecule has 178 valence electrons. The van der Waals surface area contributed by atoms with Gasteiger partial charge in [0, 0.05) is 23.9 Å². The third-order valence-corrected chi connectivity index (χ3v) is 6.21. The molecule has 0 unspecified atom stereocenters. The summed E-state index contributed by atoms with van der Waals surface area (Å²) in [5.41, 5.74) is -3.69. The fourth-order valence-electron chi connectivity index (χ4n) is 4.59. The van der Waals surface area contributed by atoms with Crippen LogP contribution in [0.1, 0.15) is 48.3 Å². The number of ketones is 1. The Bertz CT molecular complexity index is 1190. The van der Waals surface area contributed by atoms with Crippen molar-refractivity contribution in [1.82, 2.24) is 15.2 Å². The van der Waals surface area contributed by atoms with Crippen LogP contribution >= 0.6 is 0 Å². The largest absolute Gasteiger partial charge is 0.425 e. The molecule has 1 N–H and O–H groups in total. The van der Waals surface area contributed by atoms with Crippen LogP contribution < -0.4 is 5.32 Å². The molecule has 1 aromatic heterocycles. The van der Waals surface area contributed by atoms with Crippen molar-refractivity contribution in [3.05, 3.63) is 76.8 Å². The second-order valence-corrected chi connectivity index (χ2v) is 9.54. The van der Waals surface area contributed by atoms with Gasteiger partial charge in [0.05, 0.1) is 17.8 Å². The Balaban J connectivity index is 1.86. The first-order chi connectivity index (χ1) is 15.9. The summed E-state index contributed by atoms with van der Waals surface area (Å²) in [7, 11) is 0. The first-order valence-electron chi connectivity index (χ1n) is 10.8. The summed E-state index contributed by atoms with van der Waals surface area (Å²) in [4.78, 5) is 44.8. The van der Waals surface area contributed by atoms with E-state index in [1.54, 1.807) is 51.1 Å². The average molecular weight is 471 g/mol. The zero-order valence-electron chi connectivity index (χ0n) is 19.0.